The van der Waals surface area contributed by atoms with E-state index in [4.69, 9.17) is 18.6 Å². The second-order valence-electron chi connectivity index (χ2n) is 7.56. The first kappa shape index (κ1) is 24.2. The molecular formula is C24H31N3O6. The van der Waals surface area contributed by atoms with Crippen molar-refractivity contribution >= 4 is 22.7 Å². The minimum absolute atomic E-state index is 0.343. The standard InChI is InChI=1S/C24H31N3O6/c1-6-30-20-13-16(14-21(31-7-2)22(20)32-8-3)23(28)25-17-9-10-19-18(15-17)27(24(29)33-19)12-11-26(4)5/h9-10,13-15H,6-8,11-12H2,1-5H3,(H,25,28). The highest BCUT2D eigenvalue weighted by Gasteiger charge is 2.19. The number of amides is 1. The van der Waals surface area contributed by atoms with Crippen LogP contribution in [0.4, 0.5) is 5.69 Å². The van der Waals surface area contributed by atoms with E-state index in [0.717, 1.165) is 0 Å². The summed E-state index contributed by atoms with van der Waals surface area (Å²) in [6, 6.07) is 8.37. The fraction of sp³-hybridized carbons (Fsp3) is 0.417. The highest BCUT2D eigenvalue weighted by molar-refractivity contribution is 6.05. The summed E-state index contributed by atoms with van der Waals surface area (Å²) in [7, 11) is 3.87. The molecule has 0 aliphatic carbocycles. The molecule has 9 nitrogen and oxygen atoms in total. The van der Waals surface area contributed by atoms with Crippen molar-refractivity contribution in [2.45, 2.75) is 27.3 Å². The van der Waals surface area contributed by atoms with Crippen LogP contribution in [0.25, 0.3) is 11.1 Å². The number of likely N-dealkylation sites (N-methyl/N-ethyl adjacent to an activating group) is 1. The third kappa shape index (κ3) is 5.67. The average Bonchev–Trinajstić information content (AvgIpc) is 3.08. The van der Waals surface area contributed by atoms with Crippen LogP contribution in [0.3, 0.4) is 0 Å². The van der Waals surface area contributed by atoms with Crippen LogP contribution in [0, 0.1) is 0 Å². The minimum Gasteiger partial charge on any atom is -0.490 e. The number of hydrogen-bond donors (Lipinski definition) is 1. The molecule has 0 spiro atoms. The van der Waals surface area contributed by atoms with Crippen molar-refractivity contribution in [1.82, 2.24) is 9.47 Å². The largest absolute Gasteiger partial charge is 0.490 e. The molecule has 0 aliphatic heterocycles. The van der Waals surface area contributed by atoms with Crippen LogP contribution >= 0.6 is 0 Å². The maximum atomic E-state index is 13.1. The number of hydrogen-bond acceptors (Lipinski definition) is 7. The lowest BCUT2D eigenvalue weighted by molar-refractivity contribution is 0.102. The zero-order valence-corrected chi connectivity index (χ0v) is 19.8. The molecule has 0 aliphatic rings. The third-order valence-corrected chi connectivity index (χ3v) is 4.87. The van der Waals surface area contributed by atoms with Crippen molar-refractivity contribution in [3.63, 3.8) is 0 Å². The fourth-order valence-corrected chi connectivity index (χ4v) is 3.37. The zero-order valence-electron chi connectivity index (χ0n) is 19.8. The lowest BCUT2D eigenvalue weighted by Crippen LogP contribution is -2.23. The predicted molar refractivity (Wildman–Crippen MR) is 127 cm³/mol. The maximum Gasteiger partial charge on any atom is 0.419 e. The van der Waals surface area contributed by atoms with E-state index < -0.39 is 5.76 Å². The lowest BCUT2D eigenvalue weighted by atomic mass is 10.1. The molecule has 33 heavy (non-hydrogen) atoms. The average molecular weight is 458 g/mol. The second-order valence-corrected chi connectivity index (χ2v) is 7.56. The van der Waals surface area contributed by atoms with Gasteiger partial charge in [0.15, 0.2) is 17.1 Å². The summed E-state index contributed by atoms with van der Waals surface area (Å²) in [4.78, 5) is 27.3. The summed E-state index contributed by atoms with van der Waals surface area (Å²) in [5.41, 5.74) is 1.99. The Bertz CT molecular complexity index is 1140. The number of aromatic nitrogens is 1. The van der Waals surface area contributed by atoms with Gasteiger partial charge in [-0.15, -0.1) is 0 Å². The van der Waals surface area contributed by atoms with Gasteiger partial charge in [0, 0.05) is 24.3 Å². The number of ether oxygens (including phenoxy) is 3. The van der Waals surface area contributed by atoms with Crippen molar-refractivity contribution < 1.29 is 23.4 Å². The van der Waals surface area contributed by atoms with E-state index in [1.54, 1.807) is 34.9 Å². The molecule has 178 valence electrons. The van der Waals surface area contributed by atoms with Gasteiger partial charge in [-0.05, 0) is 65.2 Å². The number of carbonyl (C=O) groups excluding carboxylic acids is 1. The number of rotatable bonds is 11. The first-order valence-corrected chi connectivity index (χ1v) is 11.0. The molecule has 1 aromatic heterocycles. The van der Waals surface area contributed by atoms with Gasteiger partial charge in [-0.25, -0.2) is 4.79 Å². The summed E-state index contributed by atoms with van der Waals surface area (Å²) in [6.45, 7) is 8.01. The van der Waals surface area contributed by atoms with Crippen LogP contribution in [0.5, 0.6) is 17.2 Å². The summed E-state index contributed by atoms with van der Waals surface area (Å²) in [5, 5.41) is 2.88. The van der Waals surface area contributed by atoms with Crippen molar-refractivity contribution in [3.05, 3.63) is 46.4 Å². The summed E-state index contributed by atoms with van der Waals surface area (Å²) in [5.74, 6) is 0.591. The predicted octanol–water partition coefficient (Wildman–Crippen LogP) is 3.60. The maximum absolute atomic E-state index is 13.1. The van der Waals surface area contributed by atoms with Gasteiger partial charge in [-0.3, -0.25) is 9.36 Å². The Morgan fingerprint density at radius 3 is 2.21 bits per heavy atom. The molecule has 3 aromatic rings. The minimum atomic E-state index is -0.426. The molecule has 0 radical (unpaired) electrons. The fourth-order valence-electron chi connectivity index (χ4n) is 3.37. The highest BCUT2D eigenvalue weighted by Crippen LogP contribution is 2.39. The second kappa shape index (κ2) is 10.9. The van der Waals surface area contributed by atoms with Gasteiger partial charge in [0.2, 0.25) is 5.75 Å². The van der Waals surface area contributed by atoms with E-state index in [1.807, 2.05) is 39.8 Å². The number of fused-ring (bicyclic) bond motifs is 1. The van der Waals surface area contributed by atoms with Gasteiger partial charge >= 0.3 is 5.76 Å². The molecule has 2 aromatic carbocycles. The van der Waals surface area contributed by atoms with Crippen LogP contribution < -0.4 is 25.3 Å². The van der Waals surface area contributed by atoms with Gasteiger partial charge < -0.3 is 28.8 Å². The van der Waals surface area contributed by atoms with Gasteiger partial charge in [-0.2, -0.15) is 0 Å². The number of oxazole rings is 1. The van der Waals surface area contributed by atoms with E-state index in [0.29, 0.717) is 72.5 Å². The van der Waals surface area contributed by atoms with Crippen molar-refractivity contribution in [2.75, 3.05) is 45.8 Å². The monoisotopic (exact) mass is 457 g/mol. The molecule has 1 amide bonds. The number of anilines is 1. The first-order chi connectivity index (χ1) is 15.9. The van der Waals surface area contributed by atoms with Crippen molar-refractivity contribution in [2.24, 2.45) is 0 Å². The van der Waals surface area contributed by atoms with Crippen LogP contribution in [0.1, 0.15) is 31.1 Å². The Labute approximate surface area is 192 Å². The normalized spacial score (nSPS) is 11.1. The van der Waals surface area contributed by atoms with E-state index in [-0.39, 0.29) is 5.91 Å². The topological polar surface area (TPSA) is 95.2 Å². The smallest absolute Gasteiger partial charge is 0.419 e. The number of benzene rings is 2. The van der Waals surface area contributed by atoms with E-state index in [9.17, 15) is 9.59 Å². The van der Waals surface area contributed by atoms with Gasteiger partial charge in [0.1, 0.15) is 0 Å². The summed E-state index contributed by atoms with van der Waals surface area (Å²) < 4.78 is 24.0. The van der Waals surface area contributed by atoms with Gasteiger partial charge in [0.05, 0.1) is 25.3 Å². The molecule has 0 saturated carbocycles. The van der Waals surface area contributed by atoms with Crippen molar-refractivity contribution in [3.8, 4) is 17.2 Å². The van der Waals surface area contributed by atoms with Gasteiger partial charge in [0.25, 0.3) is 5.91 Å². The van der Waals surface area contributed by atoms with Crippen LogP contribution in [0.2, 0.25) is 0 Å². The molecule has 1 N–H and O–H groups in total. The Balaban J connectivity index is 1.92. The number of carbonyl (C=O) groups is 1. The molecule has 1 heterocycles. The van der Waals surface area contributed by atoms with Crippen molar-refractivity contribution in [1.29, 1.82) is 0 Å². The van der Waals surface area contributed by atoms with E-state index >= 15 is 0 Å². The lowest BCUT2D eigenvalue weighted by Gasteiger charge is -2.17. The number of nitrogens with zero attached hydrogens (tertiary/aromatic N) is 2. The molecule has 3 rings (SSSR count). The van der Waals surface area contributed by atoms with E-state index in [2.05, 4.69) is 5.32 Å². The number of nitrogens with one attached hydrogen (secondary N) is 1. The molecule has 0 saturated heterocycles. The molecular weight excluding hydrogens is 426 g/mol. The SMILES string of the molecule is CCOc1cc(C(=O)Nc2ccc3oc(=O)n(CCN(C)C)c3c2)cc(OCC)c1OCC. The van der Waals surface area contributed by atoms with Crippen LogP contribution in [-0.2, 0) is 6.54 Å². The zero-order chi connectivity index (χ0) is 24.0. The quantitative estimate of drug-likeness (QED) is 0.470. The third-order valence-electron chi connectivity index (χ3n) is 4.87. The molecule has 0 atom stereocenters. The van der Waals surface area contributed by atoms with E-state index in [1.165, 1.54) is 0 Å². The first-order valence-electron chi connectivity index (χ1n) is 11.0. The van der Waals surface area contributed by atoms with Gasteiger partial charge in [-0.1, -0.05) is 0 Å². The highest BCUT2D eigenvalue weighted by atomic mass is 16.5. The molecule has 0 bridgehead atoms. The van der Waals surface area contributed by atoms with Crippen LogP contribution in [-0.4, -0.2) is 55.8 Å². The Kier molecular flexibility index (Phi) is 8.00. The molecule has 9 heteroatoms. The Morgan fingerprint density at radius 2 is 1.64 bits per heavy atom. The molecule has 0 unspecified atom stereocenters. The Morgan fingerprint density at radius 1 is 1.00 bits per heavy atom. The summed E-state index contributed by atoms with van der Waals surface area (Å²) in [6.07, 6.45) is 0. The van der Waals surface area contributed by atoms with Crippen LogP contribution in [0.15, 0.2) is 39.5 Å². The molecule has 0 fully saturated rings. The summed E-state index contributed by atoms with van der Waals surface area (Å²) >= 11 is 0. The Hall–Kier alpha value is -3.46.